The van der Waals surface area contributed by atoms with Crippen LogP contribution in [0.5, 0.6) is 0 Å². The number of nitriles is 1. The largest absolute Gasteiger partial charge is 0.389 e. The molecule has 0 saturated carbocycles. The average Bonchev–Trinajstić information content (AvgIpc) is 3.76. The number of carbonyl (C=O) groups excluding carboxylic acids is 2. The van der Waals surface area contributed by atoms with Gasteiger partial charge in [0.25, 0.3) is 0 Å². The molecule has 5 heterocycles. The van der Waals surface area contributed by atoms with Gasteiger partial charge in [-0.25, -0.2) is 14.4 Å². The molecule has 2 saturated heterocycles. The van der Waals surface area contributed by atoms with Crippen LogP contribution in [-0.2, 0) is 16.0 Å². The first-order valence-electron chi connectivity index (χ1n) is 13.5. The highest BCUT2D eigenvalue weighted by Gasteiger charge is 2.34. The summed E-state index contributed by atoms with van der Waals surface area (Å²) in [5.74, 6) is 0.219. The van der Waals surface area contributed by atoms with Crippen LogP contribution in [0.25, 0.3) is 16.2 Å². The zero-order valence-corrected chi connectivity index (χ0v) is 24.6. The molecule has 218 valence electrons. The number of hydrogen-bond donors (Lipinski definition) is 1. The summed E-state index contributed by atoms with van der Waals surface area (Å²) in [5, 5.41) is 25.5. The lowest BCUT2D eigenvalue weighted by atomic mass is 10.1. The van der Waals surface area contributed by atoms with E-state index in [4.69, 9.17) is 15.1 Å². The van der Waals surface area contributed by atoms with E-state index in [1.807, 2.05) is 18.9 Å². The highest BCUT2D eigenvalue weighted by Crippen LogP contribution is 2.38. The molecule has 15 heteroatoms. The highest BCUT2D eigenvalue weighted by atomic mass is 32.1. The topological polar surface area (TPSA) is 134 Å². The summed E-state index contributed by atoms with van der Waals surface area (Å²) in [6.07, 6.45) is 1.60. The number of thiazole rings is 1. The number of nitrogens with zero attached hydrogens (tertiary/aromatic N) is 9. The Kier molecular flexibility index (Phi) is 7.52. The lowest BCUT2D eigenvalue weighted by Crippen LogP contribution is -2.56. The number of aliphatic hydroxyl groups is 1. The van der Waals surface area contributed by atoms with Crippen molar-refractivity contribution in [1.29, 1.82) is 5.26 Å². The predicted molar refractivity (Wildman–Crippen MR) is 157 cm³/mol. The molecule has 1 N–H and O–H groups in total. The first-order chi connectivity index (χ1) is 20.3. The van der Waals surface area contributed by atoms with Gasteiger partial charge in [0.1, 0.15) is 22.5 Å². The molecule has 2 amide bonds. The van der Waals surface area contributed by atoms with Crippen molar-refractivity contribution in [3.05, 3.63) is 40.7 Å². The monoisotopic (exact) mass is 609 g/mol. The number of amides is 2. The van der Waals surface area contributed by atoms with Crippen LogP contribution in [0.3, 0.4) is 0 Å². The number of fused-ring (bicyclic) bond motifs is 1. The van der Waals surface area contributed by atoms with Gasteiger partial charge in [-0.15, -0.1) is 5.10 Å². The van der Waals surface area contributed by atoms with Crippen LogP contribution in [0.1, 0.15) is 23.9 Å². The number of anilines is 3. The van der Waals surface area contributed by atoms with E-state index in [9.17, 15) is 24.3 Å². The number of rotatable bonds is 9. The van der Waals surface area contributed by atoms with E-state index < -0.39 is 6.10 Å². The molecule has 0 spiro atoms. The van der Waals surface area contributed by atoms with Gasteiger partial charge < -0.3 is 24.7 Å². The molecule has 42 heavy (non-hydrogen) atoms. The van der Waals surface area contributed by atoms with Crippen LogP contribution in [0.15, 0.2) is 24.3 Å². The van der Waals surface area contributed by atoms with Crippen molar-refractivity contribution < 1.29 is 19.1 Å². The molecular formula is C27H28FN9O3S2. The third-order valence-electron chi connectivity index (χ3n) is 7.58. The van der Waals surface area contributed by atoms with Crippen molar-refractivity contribution in [2.24, 2.45) is 0 Å². The standard InChI is InChI=1S/C27H28FN9O3S2/c1-3-20-24(33(2)25-31-23(21(10-29)41-25)16-4-6-17(28)7-5-16)37-26(30-20)42-27(32-37)34-9-8-18(11-34)36(15-38)14-22(40)35-12-19(39)13-35/h4-7,15,18-19,39H,3,8-9,11-14H2,1-2H3. The first kappa shape index (κ1) is 28.0. The van der Waals surface area contributed by atoms with Crippen LogP contribution in [0, 0.1) is 17.1 Å². The Hall–Kier alpha value is -4.13. The minimum absolute atomic E-state index is 0.0108. The molecule has 0 radical (unpaired) electrons. The van der Waals surface area contributed by atoms with Crippen molar-refractivity contribution in [1.82, 2.24) is 29.4 Å². The molecular weight excluding hydrogens is 581 g/mol. The van der Waals surface area contributed by atoms with Gasteiger partial charge in [-0.05, 0) is 37.1 Å². The summed E-state index contributed by atoms with van der Waals surface area (Å²) >= 11 is 2.69. The number of likely N-dealkylation sites (tertiary alicyclic amines) is 1. The summed E-state index contributed by atoms with van der Waals surface area (Å²) in [4.78, 5) is 42.1. The Balaban J connectivity index is 1.23. The summed E-state index contributed by atoms with van der Waals surface area (Å²) in [6.45, 7) is 3.83. The van der Waals surface area contributed by atoms with Crippen LogP contribution < -0.4 is 9.80 Å². The third kappa shape index (κ3) is 5.06. The summed E-state index contributed by atoms with van der Waals surface area (Å²) in [6, 6.07) is 7.98. The van der Waals surface area contributed by atoms with E-state index in [2.05, 4.69) is 11.0 Å². The number of imidazole rings is 1. The molecule has 1 unspecified atom stereocenters. The zero-order chi connectivity index (χ0) is 29.5. The molecule has 2 aliphatic rings. The van der Waals surface area contributed by atoms with Gasteiger partial charge in [-0.1, -0.05) is 29.6 Å². The zero-order valence-electron chi connectivity index (χ0n) is 23.0. The van der Waals surface area contributed by atoms with Gasteiger partial charge in [0.15, 0.2) is 10.9 Å². The second-order valence-corrected chi connectivity index (χ2v) is 12.2. The van der Waals surface area contributed by atoms with Crippen molar-refractivity contribution in [3.8, 4) is 17.3 Å². The molecule has 1 atom stereocenters. The van der Waals surface area contributed by atoms with E-state index in [0.717, 1.165) is 23.1 Å². The number of halogens is 1. The molecule has 2 aliphatic heterocycles. The second kappa shape index (κ2) is 11.3. The van der Waals surface area contributed by atoms with Crippen molar-refractivity contribution in [2.75, 3.05) is 49.6 Å². The molecule has 3 aromatic heterocycles. The average molecular weight is 610 g/mol. The van der Waals surface area contributed by atoms with Gasteiger partial charge in [-0.2, -0.15) is 9.78 Å². The molecule has 1 aromatic carbocycles. The molecule has 6 rings (SSSR count). The van der Waals surface area contributed by atoms with Gasteiger partial charge in [0.2, 0.25) is 22.4 Å². The van der Waals surface area contributed by atoms with Gasteiger partial charge in [0.05, 0.1) is 24.4 Å². The molecule has 0 bridgehead atoms. The van der Waals surface area contributed by atoms with Gasteiger partial charge in [-0.3, -0.25) is 9.59 Å². The van der Waals surface area contributed by atoms with Gasteiger partial charge in [0, 0.05) is 38.8 Å². The van der Waals surface area contributed by atoms with E-state index in [0.29, 0.717) is 65.2 Å². The molecule has 12 nitrogen and oxygen atoms in total. The summed E-state index contributed by atoms with van der Waals surface area (Å²) in [7, 11) is 1.86. The van der Waals surface area contributed by atoms with Crippen LogP contribution in [0.4, 0.5) is 20.5 Å². The minimum atomic E-state index is -0.484. The maximum absolute atomic E-state index is 13.5. The lowest BCUT2D eigenvalue weighted by Gasteiger charge is -2.37. The first-order valence-corrected chi connectivity index (χ1v) is 15.1. The van der Waals surface area contributed by atoms with Crippen molar-refractivity contribution in [3.63, 3.8) is 0 Å². The number of aromatic nitrogens is 4. The number of β-amino-alcohol motifs (C(OH)–C–C–N with tert-alkyl or cyclic N) is 1. The SMILES string of the molecule is CCc1nc2sc(N3CCC(N(C=O)CC(=O)N4CC(O)C4)C3)nn2c1N(C)c1nc(-c2ccc(F)cc2)c(C#N)s1. The third-order valence-corrected chi connectivity index (χ3v) is 9.59. The summed E-state index contributed by atoms with van der Waals surface area (Å²) in [5.41, 5.74) is 1.99. The molecule has 0 aliphatic carbocycles. The Morgan fingerprint density at radius 3 is 2.67 bits per heavy atom. The number of benzene rings is 1. The van der Waals surface area contributed by atoms with Crippen LogP contribution >= 0.6 is 22.7 Å². The summed E-state index contributed by atoms with van der Waals surface area (Å²) < 4.78 is 15.3. The molecule has 4 aromatic rings. The fourth-order valence-electron chi connectivity index (χ4n) is 5.25. The number of hydrogen-bond acceptors (Lipinski definition) is 11. The number of aliphatic hydroxyl groups excluding tert-OH is 1. The van der Waals surface area contributed by atoms with Crippen molar-refractivity contribution >= 4 is 56.0 Å². The molecule has 2 fully saturated rings. The van der Waals surface area contributed by atoms with Gasteiger partial charge >= 0.3 is 0 Å². The maximum Gasteiger partial charge on any atom is 0.242 e. The lowest BCUT2D eigenvalue weighted by molar-refractivity contribution is -0.145. The smallest absolute Gasteiger partial charge is 0.242 e. The Morgan fingerprint density at radius 1 is 1.24 bits per heavy atom. The number of aryl methyl sites for hydroxylation is 1. The Bertz CT molecular complexity index is 1670. The highest BCUT2D eigenvalue weighted by molar-refractivity contribution is 7.20. The fourth-order valence-corrected chi connectivity index (χ4v) is 7.05. The second-order valence-electron chi connectivity index (χ2n) is 10.3. The maximum atomic E-state index is 13.5. The van der Waals surface area contributed by atoms with E-state index in [-0.39, 0.29) is 24.3 Å². The Morgan fingerprint density at radius 2 is 2.00 bits per heavy atom. The van der Waals surface area contributed by atoms with Crippen LogP contribution in [-0.4, -0.2) is 98.7 Å². The predicted octanol–water partition coefficient (Wildman–Crippen LogP) is 2.50. The fraction of sp³-hybridized carbons (Fsp3) is 0.407. The normalized spacial score (nSPS) is 17.0. The minimum Gasteiger partial charge on any atom is -0.389 e. The quantitative estimate of drug-likeness (QED) is 0.284. The Labute approximate surface area is 248 Å². The van der Waals surface area contributed by atoms with Crippen molar-refractivity contribution in [2.45, 2.75) is 31.9 Å². The number of carbonyl (C=O) groups is 2. The van der Waals surface area contributed by atoms with E-state index >= 15 is 0 Å². The van der Waals surface area contributed by atoms with Crippen LogP contribution in [0.2, 0.25) is 0 Å². The van der Waals surface area contributed by atoms with E-state index in [1.165, 1.54) is 39.7 Å². The van der Waals surface area contributed by atoms with E-state index in [1.54, 1.807) is 21.5 Å².